The Hall–Kier alpha value is -3.56. The molecule has 1 aliphatic carbocycles. The highest BCUT2D eigenvalue weighted by molar-refractivity contribution is 5.99. The quantitative estimate of drug-likeness (QED) is 0.387. The van der Waals surface area contributed by atoms with Crippen molar-refractivity contribution in [3.05, 3.63) is 48.4 Å². The van der Waals surface area contributed by atoms with E-state index < -0.39 is 5.82 Å². The van der Waals surface area contributed by atoms with E-state index in [0.717, 1.165) is 49.2 Å². The number of pyridine rings is 1. The number of phenols is 1. The molecule has 3 aliphatic heterocycles. The van der Waals surface area contributed by atoms with Gasteiger partial charge >= 0.3 is 6.01 Å². The maximum absolute atomic E-state index is 16.5. The molecule has 40 heavy (non-hydrogen) atoms. The Morgan fingerprint density at radius 3 is 2.67 bits per heavy atom. The van der Waals surface area contributed by atoms with Crippen LogP contribution in [0.15, 0.2) is 42.6 Å². The fourth-order valence-electron chi connectivity index (χ4n) is 7.58. The van der Waals surface area contributed by atoms with Crippen LogP contribution in [0.1, 0.15) is 26.2 Å². The minimum Gasteiger partial charge on any atom is -0.508 e. The third-order valence-corrected chi connectivity index (χ3v) is 9.89. The molecule has 0 spiro atoms. The topological polar surface area (TPSA) is 86.6 Å². The van der Waals surface area contributed by atoms with Crippen LogP contribution >= 0.6 is 0 Å². The van der Waals surface area contributed by atoms with Gasteiger partial charge in [0, 0.05) is 49.5 Å². The smallest absolute Gasteiger partial charge is 0.319 e. The van der Waals surface area contributed by atoms with E-state index in [1.54, 1.807) is 18.3 Å². The van der Waals surface area contributed by atoms with Crippen molar-refractivity contribution in [3.63, 3.8) is 0 Å². The molecule has 5 heterocycles. The third-order valence-electron chi connectivity index (χ3n) is 9.89. The van der Waals surface area contributed by atoms with E-state index >= 15 is 4.39 Å². The number of fused-ring (bicyclic) bond motifs is 5. The lowest BCUT2D eigenvalue weighted by Gasteiger charge is -2.34. The highest BCUT2D eigenvalue weighted by Crippen LogP contribution is 2.60. The molecule has 206 valence electrons. The van der Waals surface area contributed by atoms with Crippen LogP contribution in [0.2, 0.25) is 0 Å². The summed E-state index contributed by atoms with van der Waals surface area (Å²) in [5.41, 5.74) is 1.14. The van der Waals surface area contributed by atoms with Gasteiger partial charge in [0.1, 0.15) is 29.4 Å². The average Bonchev–Trinajstić information content (AvgIpc) is 3.36. The Kier molecular flexibility index (Phi) is 5.29. The zero-order valence-electron chi connectivity index (χ0n) is 22.8. The first-order chi connectivity index (χ1) is 19.4. The Morgan fingerprint density at radius 2 is 1.90 bits per heavy atom. The summed E-state index contributed by atoms with van der Waals surface area (Å²) >= 11 is 0. The first-order valence-electron chi connectivity index (χ1n) is 14.3. The molecule has 2 aromatic heterocycles. The van der Waals surface area contributed by atoms with E-state index in [1.165, 1.54) is 6.42 Å². The van der Waals surface area contributed by atoms with E-state index in [-0.39, 0.29) is 34.4 Å². The maximum Gasteiger partial charge on any atom is 0.319 e. The number of aromatic hydroxyl groups is 1. The molecule has 3 unspecified atom stereocenters. The molecule has 0 amide bonds. The van der Waals surface area contributed by atoms with E-state index in [9.17, 15) is 5.11 Å². The van der Waals surface area contributed by atoms with E-state index in [4.69, 9.17) is 9.72 Å². The van der Waals surface area contributed by atoms with Gasteiger partial charge in [-0.25, -0.2) is 4.39 Å². The van der Waals surface area contributed by atoms with Crippen LogP contribution in [0.25, 0.3) is 32.9 Å². The van der Waals surface area contributed by atoms with Crippen LogP contribution < -0.4 is 15.0 Å². The van der Waals surface area contributed by atoms with Crippen molar-refractivity contribution < 1.29 is 14.2 Å². The standard InChI is InChI=1S/C31H33FN6O2/c1-31-11-18(31)13-37(2)25(31)16-40-30-35-28-24(29(36-30)38-14-19-7-8-20(15-38)34-19)12-33-27(26(28)32)23-10-21(39)9-17-5-3-4-6-22(17)23/h3-6,9-10,12,18-20,25,34,39H,7-8,11,13-16H2,1-2H3/t18-,19?,20?,25-,31?/m1/s1. The third kappa shape index (κ3) is 3.74. The molecule has 4 fully saturated rings. The molecule has 5 atom stereocenters. The molecule has 2 N–H and O–H groups in total. The molecule has 3 saturated heterocycles. The van der Waals surface area contributed by atoms with Gasteiger partial charge in [-0.1, -0.05) is 31.2 Å². The molecular formula is C31H33FN6O2. The number of hydrogen-bond acceptors (Lipinski definition) is 8. The normalized spacial score (nSPS) is 29.3. The molecule has 0 radical (unpaired) electrons. The Morgan fingerprint density at radius 1 is 1.10 bits per heavy atom. The number of hydrogen-bond donors (Lipinski definition) is 2. The number of nitrogens with zero attached hydrogens (tertiary/aromatic N) is 5. The number of aromatic nitrogens is 3. The van der Waals surface area contributed by atoms with Crippen LogP contribution in [0, 0.1) is 17.2 Å². The molecule has 4 aromatic rings. The van der Waals surface area contributed by atoms with E-state index in [1.807, 2.05) is 24.3 Å². The number of ether oxygens (including phenoxy) is 1. The van der Waals surface area contributed by atoms with Gasteiger partial charge in [-0.2, -0.15) is 9.97 Å². The molecule has 2 bridgehead atoms. The van der Waals surface area contributed by atoms with Crippen molar-refractivity contribution in [1.29, 1.82) is 0 Å². The molecule has 2 aromatic carbocycles. The number of benzene rings is 2. The molecule has 9 heteroatoms. The summed E-state index contributed by atoms with van der Waals surface area (Å²) < 4.78 is 22.8. The lowest BCUT2D eigenvalue weighted by atomic mass is 10.00. The summed E-state index contributed by atoms with van der Waals surface area (Å²) in [5, 5.41) is 16.3. The summed E-state index contributed by atoms with van der Waals surface area (Å²) in [5.74, 6) is 0.921. The average molecular weight is 541 g/mol. The lowest BCUT2D eigenvalue weighted by Crippen LogP contribution is -2.51. The van der Waals surface area contributed by atoms with Gasteiger partial charge in [0.05, 0.1) is 5.39 Å². The minimum atomic E-state index is -0.535. The van der Waals surface area contributed by atoms with Gasteiger partial charge in [-0.15, -0.1) is 0 Å². The van der Waals surface area contributed by atoms with Crippen molar-refractivity contribution in [2.45, 2.75) is 44.3 Å². The van der Waals surface area contributed by atoms with Gasteiger partial charge in [-0.05, 0) is 60.5 Å². The fraction of sp³-hybridized carbons (Fsp3) is 0.452. The van der Waals surface area contributed by atoms with Gasteiger partial charge in [0.25, 0.3) is 0 Å². The van der Waals surface area contributed by atoms with Crippen molar-refractivity contribution >= 4 is 27.5 Å². The summed E-state index contributed by atoms with van der Waals surface area (Å²) in [7, 11) is 2.14. The number of phenolic OH excluding ortho intramolecular Hbond substituents is 1. The van der Waals surface area contributed by atoms with Gasteiger partial charge in [-0.3, -0.25) is 9.88 Å². The number of rotatable bonds is 5. The zero-order chi connectivity index (χ0) is 27.2. The number of halogens is 1. The minimum absolute atomic E-state index is 0.0613. The second kappa shape index (κ2) is 8.72. The van der Waals surface area contributed by atoms with Crippen LogP contribution in [0.4, 0.5) is 10.2 Å². The molecular weight excluding hydrogens is 507 g/mol. The molecule has 1 saturated carbocycles. The first kappa shape index (κ1) is 24.3. The monoisotopic (exact) mass is 540 g/mol. The van der Waals surface area contributed by atoms with E-state index in [0.29, 0.717) is 35.5 Å². The Bertz CT molecular complexity index is 1650. The fourth-order valence-corrected chi connectivity index (χ4v) is 7.58. The summed E-state index contributed by atoms with van der Waals surface area (Å²) in [6.45, 7) is 5.48. The van der Waals surface area contributed by atoms with Crippen molar-refractivity contribution in [3.8, 4) is 23.0 Å². The number of nitrogens with one attached hydrogen (secondary N) is 1. The van der Waals surface area contributed by atoms with Crippen LogP contribution in [-0.2, 0) is 0 Å². The zero-order valence-corrected chi connectivity index (χ0v) is 22.8. The molecule has 8 nitrogen and oxygen atoms in total. The van der Waals surface area contributed by atoms with Crippen molar-refractivity contribution in [2.75, 3.05) is 38.2 Å². The number of likely N-dealkylation sites (N-methyl/N-ethyl adjacent to an activating group) is 1. The second-order valence-corrected chi connectivity index (χ2v) is 12.4. The predicted molar refractivity (Wildman–Crippen MR) is 152 cm³/mol. The van der Waals surface area contributed by atoms with Crippen LogP contribution in [0.5, 0.6) is 11.8 Å². The number of piperazine rings is 1. The maximum atomic E-state index is 16.5. The highest BCUT2D eigenvalue weighted by Gasteiger charge is 2.61. The number of piperidine rings is 1. The second-order valence-electron chi connectivity index (χ2n) is 12.4. The van der Waals surface area contributed by atoms with Crippen LogP contribution in [-0.4, -0.2) is 76.4 Å². The Labute approximate surface area is 232 Å². The highest BCUT2D eigenvalue weighted by atomic mass is 19.1. The van der Waals surface area contributed by atoms with E-state index in [2.05, 4.69) is 39.1 Å². The molecule has 4 aliphatic rings. The number of anilines is 1. The predicted octanol–water partition coefficient (Wildman–Crippen LogP) is 4.35. The van der Waals surface area contributed by atoms with Gasteiger partial charge in [0.2, 0.25) is 0 Å². The summed E-state index contributed by atoms with van der Waals surface area (Å²) in [6, 6.07) is 12.1. The van der Waals surface area contributed by atoms with Gasteiger partial charge < -0.3 is 20.1 Å². The van der Waals surface area contributed by atoms with Crippen LogP contribution in [0.3, 0.4) is 0 Å². The van der Waals surface area contributed by atoms with Crippen molar-refractivity contribution in [1.82, 2.24) is 25.2 Å². The Balaban J connectivity index is 1.24. The summed E-state index contributed by atoms with van der Waals surface area (Å²) in [4.78, 5) is 18.7. The van der Waals surface area contributed by atoms with Gasteiger partial charge in [0.15, 0.2) is 5.82 Å². The van der Waals surface area contributed by atoms with Crippen molar-refractivity contribution in [2.24, 2.45) is 11.3 Å². The first-order valence-corrected chi connectivity index (χ1v) is 14.3. The SMILES string of the molecule is CN1C[C@H]2CC2(C)[C@H]1COc1nc(N2CC3CCC(C2)N3)c2cnc(-c3cc(O)cc4ccccc34)c(F)c2n1. The summed E-state index contributed by atoms with van der Waals surface area (Å²) in [6.07, 6.45) is 5.15. The molecule has 8 rings (SSSR count). The number of likely N-dealkylation sites (tertiary alicyclic amines) is 1. The largest absolute Gasteiger partial charge is 0.508 e. The lowest BCUT2D eigenvalue weighted by molar-refractivity contribution is 0.140.